The van der Waals surface area contributed by atoms with E-state index in [1.807, 2.05) is 38.1 Å². The minimum atomic E-state index is -0.329. The van der Waals surface area contributed by atoms with Crippen molar-refractivity contribution in [2.45, 2.75) is 27.2 Å². The summed E-state index contributed by atoms with van der Waals surface area (Å²) in [6, 6.07) is 15.3. The van der Waals surface area contributed by atoms with Crippen molar-refractivity contribution in [1.82, 2.24) is 9.97 Å². The second-order valence-corrected chi connectivity index (χ2v) is 8.44. The first-order valence-electron chi connectivity index (χ1n) is 10.6. The minimum absolute atomic E-state index is 0.329. The summed E-state index contributed by atoms with van der Waals surface area (Å²) in [4.78, 5) is 23.3. The molecule has 0 atom stereocenters. The molecule has 2 aromatic heterocycles. The molecule has 2 aromatic carbocycles. The third-order valence-corrected chi connectivity index (χ3v) is 5.93. The summed E-state index contributed by atoms with van der Waals surface area (Å²) in [5.74, 6) is 1.21. The Morgan fingerprint density at radius 1 is 1.09 bits per heavy atom. The van der Waals surface area contributed by atoms with Crippen LogP contribution >= 0.6 is 11.3 Å². The molecule has 0 radical (unpaired) electrons. The van der Waals surface area contributed by atoms with E-state index in [0.29, 0.717) is 24.6 Å². The van der Waals surface area contributed by atoms with Gasteiger partial charge in [-0.3, -0.25) is 0 Å². The summed E-state index contributed by atoms with van der Waals surface area (Å²) in [7, 11) is 0. The molecular weight excluding hydrogens is 422 g/mol. The van der Waals surface area contributed by atoms with Crippen molar-refractivity contribution < 1.29 is 14.3 Å². The number of aryl methyl sites for hydroxylation is 1. The van der Waals surface area contributed by atoms with Crippen molar-refractivity contribution in [3.63, 3.8) is 0 Å². The van der Waals surface area contributed by atoms with Crippen LogP contribution in [0.15, 0.2) is 54.9 Å². The van der Waals surface area contributed by atoms with E-state index >= 15 is 0 Å². The van der Waals surface area contributed by atoms with Gasteiger partial charge in [0.2, 0.25) is 0 Å². The zero-order valence-corrected chi connectivity index (χ0v) is 19.2. The van der Waals surface area contributed by atoms with Crippen LogP contribution in [0.2, 0.25) is 0 Å². The number of benzene rings is 2. The molecule has 4 aromatic rings. The molecule has 0 aliphatic carbocycles. The first kappa shape index (κ1) is 21.8. The number of aromatic nitrogens is 2. The number of nitrogens with zero attached hydrogens (tertiary/aromatic N) is 2. The molecule has 7 heteroatoms. The molecule has 0 aliphatic heterocycles. The monoisotopic (exact) mass is 447 g/mol. The van der Waals surface area contributed by atoms with Gasteiger partial charge in [0.1, 0.15) is 22.7 Å². The van der Waals surface area contributed by atoms with E-state index in [-0.39, 0.29) is 5.97 Å². The molecule has 0 fully saturated rings. The fraction of sp³-hybridized carbons (Fsp3) is 0.240. The molecule has 0 aliphatic rings. The van der Waals surface area contributed by atoms with E-state index < -0.39 is 0 Å². The maximum Gasteiger partial charge on any atom is 0.338 e. The number of hydrogen-bond acceptors (Lipinski definition) is 7. The lowest BCUT2D eigenvalue weighted by atomic mass is 10.0. The van der Waals surface area contributed by atoms with Crippen LogP contribution in [0.4, 0.5) is 11.5 Å². The highest BCUT2D eigenvalue weighted by Gasteiger charge is 2.17. The molecule has 0 saturated heterocycles. The van der Waals surface area contributed by atoms with Gasteiger partial charge >= 0.3 is 5.97 Å². The topological polar surface area (TPSA) is 73.3 Å². The van der Waals surface area contributed by atoms with Gasteiger partial charge in [0.05, 0.1) is 24.2 Å². The highest BCUT2D eigenvalue weighted by Crippen LogP contribution is 2.41. The molecule has 0 bridgehead atoms. The van der Waals surface area contributed by atoms with Gasteiger partial charge in [-0.15, -0.1) is 11.3 Å². The Morgan fingerprint density at radius 2 is 1.91 bits per heavy atom. The van der Waals surface area contributed by atoms with Crippen LogP contribution in [0.25, 0.3) is 21.3 Å². The SMILES string of the molecule is CCCOC(=O)c1cccc(Nc2ncnc3sc(C)c(-c4ccc(OCC)cc4)c23)c1. The third kappa shape index (κ3) is 4.57. The normalized spacial score (nSPS) is 10.8. The number of carbonyl (C=O) groups excluding carboxylic acids is 1. The van der Waals surface area contributed by atoms with Gasteiger partial charge in [0, 0.05) is 16.1 Å². The maximum atomic E-state index is 12.3. The fourth-order valence-corrected chi connectivity index (χ4v) is 4.52. The van der Waals surface area contributed by atoms with Crippen LogP contribution in [-0.2, 0) is 4.74 Å². The highest BCUT2D eigenvalue weighted by atomic mass is 32.1. The Hall–Kier alpha value is -3.45. The number of thiophene rings is 1. The third-order valence-electron chi connectivity index (χ3n) is 4.92. The Kier molecular flexibility index (Phi) is 6.66. The molecule has 4 rings (SSSR count). The molecule has 164 valence electrons. The second kappa shape index (κ2) is 9.78. The quantitative estimate of drug-likeness (QED) is 0.316. The van der Waals surface area contributed by atoms with Gasteiger partial charge in [-0.1, -0.05) is 25.1 Å². The molecule has 2 heterocycles. The summed E-state index contributed by atoms with van der Waals surface area (Å²) in [6.45, 7) is 7.07. The Labute approximate surface area is 191 Å². The maximum absolute atomic E-state index is 12.3. The van der Waals surface area contributed by atoms with Crippen molar-refractivity contribution in [2.24, 2.45) is 0 Å². The standard InChI is InChI=1S/C25H25N3O3S/c1-4-13-31-25(29)18-7-6-8-19(14-18)28-23-22-21(16(3)32-24(22)27-15-26-23)17-9-11-20(12-10-17)30-5-2/h6-12,14-15H,4-5,13H2,1-3H3,(H,26,27,28). The molecule has 0 amide bonds. The number of carbonyl (C=O) groups is 1. The van der Waals surface area contributed by atoms with E-state index in [0.717, 1.165) is 44.1 Å². The zero-order chi connectivity index (χ0) is 22.5. The number of hydrogen-bond donors (Lipinski definition) is 1. The van der Waals surface area contributed by atoms with E-state index in [2.05, 4.69) is 34.3 Å². The Balaban J connectivity index is 1.71. The molecule has 0 spiro atoms. The van der Waals surface area contributed by atoms with Crippen LogP contribution in [0.1, 0.15) is 35.5 Å². The fourth-order valence-electron chi connectivity index (χ4n) is 3.51. The van der Waals surface area contributed by atoms with Crippen LogP contribution in [-0.4, -0.2) is 29.2 Å². The van der Waals surface area contributed by atoms with Gasteiger partial charge in [0.15, 0.2) is 0 Å². The largest absolute Gasteiger partial charge is 0.494 e. The first-order chi connectivity index (χ1) is 15.6. The number of nitrogens with one attached hydrogen (secondary N) is 1. The Morgan fingerprint density at radius 3 is 2.66 bits per heavy atom. The number of fused-ring (bicyclic) bond motifs is 1. The van der Waals surface area contributed by atoms with Crippen molar-refractivity contribution >= 4 is 39.0 Å². The molecule has 1 N–H and O–H groups in total. The zero-order valence-electron chi connectivity index (χ0n) is 18.3. The first-order valence-corrected chi connectivity index (χ1v) is 11.4. The van der Waals surface area contributed by atoms with E-state index in [1.54, 1.807) is 29.8 Å². The lowest BCUT2D eigenvalue weighted by Crippen LogP contribution is -2.06. The highest BCUT2D eigenvalue weighted by molar-refractivity contribution is 7.19. The van der Waals surface area contributed by atoms with Crippen molar-refractivity contribution in [3.8, 4) is 16.9 Å². The second-order valence-electron chi connectivity index (χ2n) is 7.23. The van der Waals surface area contributed by atoms with Crippen LogP contribution in [0.3, 0.4) is 0 Å². The summed E-state index contributed by atoms with van der Waals surface area (Å²) < 4.78 is 10.8. The number of anilines is 2. The van der Waals surface area contributed by atoms with Crippen LogP contribution in [0.5, 0.6) is 5.75 Å². The van der Waals surface area contributed by atoms with Crippen molar-refractivity contribution in [2.75, 3.05) is 18.5 Å². The predicted molar refractivity (Wildman–Crippen MR) is 129 cm³/mol. The number of ether oxygens (including phenoxy) is 2. The predicted octanol–water partition coefficient (Wildman–Crippen LogP) is 6.38. The molecule has 0 saturated carbocycles. The van der Waals surface area contributed by atoms with Gasteiger partial charge in [-0.05, 0) is 56.2 Å². The lowest BCUT2D eigenvalue weighted by molar-refractivity contribution is 0.0505. The van der Waals surface area contributed by atoms with Crippen LogP contribution in [0, 0.1) is 6.92 Å². The molecule has 6 nitrogen and oxygen atoms in total. The summed E-state index contributed by atoms with van der Waals surface area (Å²) in [6.07, 6.45) is 2.34. The van der Waals surface area contributed by atoms with Crippen LogP contribution < -0.4 is 10.1 Å². The van der Waals surface area contributed by atoms with E-state index in [4.69, 9.17) is 9.47 Å². The van der Waals surface area contributed by atoms with Gasteiger partial charge < -0.3 is 14.8 Å². The van der Waals surface area contributed by atoms with E-state index in [9.17, 15) is 4.79 Å². The average Bonchev–Trinajstić information content (AvgIpc) is 3.15. The smallest absolute Gasteiger partial charge is 0.338 e. The Bertz CT molecular complexity index is 1240. The molecule has 32 heavy (non-hydrogen) atoms. The van der Waals surface area contributed by atoms with Gasteiger partial charge in [-0.2, -0.15) is 0 Å². The molecule has 0 unspecified atom stereocenters. The summed E-state index contributed by atoms with van der Waals surface area (Å²) >= 11 is 1.63. The summed E-state index contributed by atoms with van der Waals surface area (Å²) in [5, 5.41) is 4.33. The minimum Gasteiger partial charge on any atom is -0.494 e. The van der Waals surface area contributed by atoms with E-state index in [1.165, 1.54) is 0 Å². The molecular formula is C25H25N3O3S. The van der Waals surface area contributed by atoms with Crippen molar-refractivity contribution in [1.29, 1.82) is 0 Å². The van der Waals surface area contributed by atoms with Gasteiger partial charge in [0.25, 0.3) is 0 Å². The number of esters is 1. The van der Waals surface area contributed by atoms with Gasteiger partial charge in [-0.25, -0.2) is 14.8 Å². The van der Waals surface area contributed by atoms with Crippen molar-refractivity contribution in [3.05, 3.63) is 65.3 Å². The lowest BCUT2D eigenvalue weighted by Gasteiger charge is -2.11. The average molecular weight is 448 g/mol. The number of rotatable bonds is 8. The summed E-state index contributed by atoms with van der Waals surface area (Å²) in [5.41, 5.74) is 3.43.